The van der Waals surface area contributed by atoms with Crippen molar-refractivity contribution in [3.8, 4) is 34.2 Å². The Balaban J connectivity index is 1.48. The molecule has 0 spiro atoms. The molecule has 2 N–H and O–H groups in total. The first-order chi connectivity index (χ1) is 17.5. The monoisotopic (exact) mass is 495 g/mol. The number of nitrogens with one attached hydrogen (secondary N) is 1. The van der Waals surface area contributed by atoms with Crippen molar-refractivity contribution in [2.24, 2.45) is 0 Å². The van der Waals surface area contributed by atoms with Crippen molar-refractivity contribution in [2.45, 2.75) is 12.6 Å². The van der Waals surface area contributed by atoms with Crippen molar-refractivity contribution >= 4 is 11.6 Å². The molecule has 0 unspecified atom stereocenters. The van der Waals surface area contributed by atoms with Gasteiger partial charge in [0.05, 0.1) is 46.2 Å². The van der Waals surface area contributed by atoms with Crippen LogP contribution in [0.15, 0.2) is 53.7 Å². The predicted molar refractivity (Wildman–Crippen MR) is 130 cm³/mol. The second kappa shape index (κ2) is 9.88. The highest BCUT2D eigenvalue weighted by molar-refractivity contribution is 5.67. The average Bonchev–Trinajstić information content (AvgIpc) is 3.53. The Hall–Kier alpha value is -4.09. The zero-order chi connectivity index (χ0) is 25.2. The third-order valence-electron chi connectivity index (χ3n) is 5.96. The van der Waals surface area contributed by atoms with E-state index >= 15 is 0 Å². The highest BCUT2D eigenvalue weighted by Gasteiger charge is 2.26. The number of hydrogen-bond donors (Lipinski definition) is 2. The Morgan fingerprint density at radius 1 is 1.14 bits per heavy atom. The van der Waals surface area contributed by atoms with Gasteiger partial charge in [0.25, 0.3) is 0 Å². The zero-order valence-corrected chi connectivity index (χ0v) is 20.1. The number of aromatic nitrogens is 3. The molecule has 0 radical (unpaired) electrons. The van der Waals surface area contributed by atoms with E-state index in [0.29, 0.717) is 42.6 Å². The van der Waals surface area contributed by atoms with Crippen LogP contribution in [0.5, 0.6) is 17.2 Å². The van der Waals surface area contributed by atoms with Crippen molar-refractivity contribution in [1.29, 1.82) is 0 Å². The minimum atomic E-state index is -0.579. The summed E-state index contributed by atoms with van der Waals surface area (Å²) in [6, 6.07) is 5.27. The summed E-state index contributed by atoms with van der Waals surface area (Å²) in [7, 11) is 4.57. The topological polar surface area (TPSA) is 107 Å². The molecular weight excluding hydrogens is 469 g/mol. The van der Waals surface area contributed by atoms with E-state index in [1.165, 1.54) is 21.3 Å². The number of aliphatic hydroxyl groups is 1. The van der Waals surface area contributed by atoms with Gasteiger partial charge in [-0.3, -0.25) is 4.90 Å². The summed E-state index contributed by atoms with van der Waals surface area (Å²) >= 11 is 0. The van der Waals surface area contributed by atoms with Crippen LogP contribution in [-0.4, -0.2) is 65.1 Å². The minimum absolute atomic E-state index is 0.0829. The summed E-state index contributed by atoms with van der Waals surface area (Å²) in [5, 5.41) is 12.7. The third-order valence-corrected chi connectivity index (χ3v) is 5.96. The van der Waals surface area contributed by atoms with E-state index in [2.05, 4.69) is 20.2 Å². The van der Waals surface area contributed by atoms with Crippen molar-refractivity contribution in [3.63, 3.8) is 0 Å². The Morgan fingerprint density at radius 2 is 1.89 bits per heavy atom. The Morgan fingerprint density at radius 3 is 2.50 bits per heavy atom. The molecule has 0 amide bonds. The molecule has 1 aliphatic rings. The molecule has 3 aromatic heterocycles. The number of halogens is 1. The van der Waals surface area contributed by atoms with Gasteiger partial charge in [-0.1, -0.05) is 0 Å². The van der Waals surface area contributed by atoms with E-state index < -0.39 is 5.82 Å². The fourth-order valence-corrected chi connectivity index (χ4v) is 4.22. The van der Waals surface area contributed by atoms with Crippen LogP contribution >= 0.6 is 0 Å². The molecule has 0 bridgehead atoms. The third kappa shape index (κ3) is 4.58. The highest BCUT2D eigenvalue weighted by Crippen LogP contribution is 2.40. The van der Waals surface area contributed by atoms with Crippen LogP contribution in [-0.2, 0) is 6.54 Å². The van der Waals surface area contributed by atoms with E-state index in [9.17, 15) is 9.50 Å². The minimum Gasteiger partial charge on any atom is -0.493 e. The molecule has 5 rings (SSSR count). The lowest BCUT2D eigenvalue weighted by molar-refractivity contribution is -0.00277. The van der Waals surface area contributed by atoms with Crippen LogP contribution in [0.3, 0.4) is 0 Å². The molecule has 11 heteroatoms. The van der Waals surface area contributed by atoms with Gasteiger partial charge in [-0.15, -0.1) is 0 Å². The quantitative estimate of drug-likeness (QED) is 0.360. The maximum Gasteiger partial charge on any atom is 0.229 e. The van der Waals surface area contributed by atoms with Gasteiger partial charge < -0.3 is 33.6 Å². The molecule has 1 aliphatic heterocycles. The lowest BCUT2D eigenvalue weighted by atomic mass is 10.1. The van der Waals surface area contributed by atoms with E-state index in [1.807, 2.05) is 18.5 Å². The Kier molecular flexibility index (Phi) is 6.49. The number of anilines is 2. The average molecular weight is 496 g/mol. The summed E-state index contributed by atoms with van der Waals surface area (Å²) in [5.74, 6) is 1.05. The maximum atomic E-state index is 14.9. The molecule has 0 saturated carbocycles. The summed E-state index contributed by atoms with van der Waals surface area (Å²) in [6.45, 7) is 1.80. The standard InChI is InChI=1S/C25H26FN5O5/c1-33-21-6-17(7-22(34-2)23(21)35-3)28-25-27-8-20(26)24(29-25)31-10-16(9-30-11-18(32)12-30)19(13-31)15-4-5-36-14-15/h4-8,10,13-14,18,32H,9,11-12H2,1-3H3,(H,27,28,29). The number of furan rings is 1. The van der Waals surface area contributed by atoms with E-state index in [0.717, 1.165) is 22.9 Å². The van der Waals surface area contributed by atoms with E-state index in [4.69, 9.17) is 18.6 Å². The predicted octanol–water partition coefficient (Wildman–Crippen LogP) is 3.61. The molecule has 0 aliphatic carbocycles. The molecule has 4 heterocycles. The van der Waals surface area contributed by atoms with Crippen LogP contribution in [0.4, 0.5) is 16.0 Å². The van der Waals surface area contributed by atoms with Crippen molar-refractivity contribution in [1.82, 2.24) is 19.4 Å². The lowest BCUT2D eigenvalue weighted by Crippen LogP contribution is -2.49. The van der Waals surface area contributed by atoms with Crippen molar-refractivity contribution in [2.75, 3.05) is 39.7 Å². The van der Waals surface area contributed by atoms with Gasteiger partial charge in [0.15, 0.2) is 23.1 Å². The number of β-amino-alcohol motifs (C(OH)–C–C–N with tert-alkyl or cyclic N) is 1. The van der Waals surface area contributed by atoms with Gasteiger partial charge >= 0.3 is 0 Å². The fourth-order valence-electron chi connectivity index (χ4n) is 4.22. The lowest BCUT2D eigenvalue weighted by Gasteiger charge is -2.35. The number of aliphatic hydroxyl groups excluding tert-OH is 1. The number of rotatable bonds is 9. The second-order valence-electron chi connectivity index (χ2n) is 8.37. The second-order valence-corrected chi connectivity index (χ2v) is 8.37. The molecule has 36 heavy (non-hydrogen) atoms. The molecule has 1 fully saturated rings. The normalized spacial score (nSPS) is 13.9. The number of ether oxygens (including phenoxy) is 3. The molecule has 10 nitrogen and oxygen atoms in total. The molecule has 0 atom stereocenters. The van der Waals surface area contributed by atoms with Crippen molar-refractivity contribution in [3.05, 3.63) is 60.7 Å². The van der Waals surface area contributed by atoms with Crippen LogP contribution in [0.1, 0.15) is 5.56 Å². The molecule has 188 valence electrons. The molecular formula is C25H26FN5O5. The number of benzene rings is 1. The Labute approximate surface area is 206 Å². The number of nitrogens with zero attached hydrogens (tertiary/aromatic N) is 4. The summed E-state index contributed by atoms with van der Waals surface area (Å²) in [6.07, 6.45) is 7.68. The van der Waals surface area contributed by atoms with Gasteiger partial charge in [-0.05, 0) is 11.6 Å². The van der Waals surface area contributed by atoms with E-state index in [-0.39, 0.29) is 17.9 Å². The van der Waals surface area contributed by atoms with Crippen LogP contribution in [0, 0.1) is 5.82 Å². The van der Waals surface area contributed by atoms with Gasteiger partial charge in [0, 0.05) is 61.0 Å². The number of methoxy groups -OCH3 is 3. The highest BCUT2D eigenvalue weighted by atomic mass is 19.1. The van der Waals surface area contributed by atoms with Crippen LogP contribution in [0.25, 0.3) is 16.9 Å². The smallest absolute Gasteiger partial charge is 0.229 e. The zero-order valence-electron chi connectivity index (χ0n) is 20.1. The van der Waals surface area contributed by atoms with Crippen molar-refractivity contribution < 1.29 is 28.1 Å². The van der Waals surface area contributed by atoms with Crippen LogP contribution < -0.4 is 19.5 Å². The van der Waals surface area contributed by atoms with Gasteiger partial charge in [0.1, 0.15) is 0 Å². The molecule has 1 saturated heterocycles. The number of hydrogen-bond acceptors (Lipinski definition) is 9. The maximum absolute atomic E-state index is 14.9. The van der Waals surface area contributed by atoms with Gasteiger partial charge in [-0.25, -0.2) is 9.37 Å². The van der Waals surface area contributed by atoms with E-state index in [1.54, 1.807) is 29.2 Å². The summed E-state index contributed by atoms with van der Waals surface area (Å²) < 4.78 is 38.0. The first kappa shape index (κ1) is 23.6. The Bertz CT molecular complexity index is 1330. The first-order valence-corrected chi connectivity index (χ1v) is 11.2. The molecule has 4 aromatic rings. The number of likely N-dealkylation sites (tertiary alicyclic amines) is 1. The molecule has 1 aromatic carbocycles. The van der Waals surface area contributed by atoms with Gasteiger partial charge in [-0.2, -0.15) is 4.98 Å². The fraction of sp³-hybridized carbons (Fsp3) is 0.280. The SMILES string of the molecule is COc1cc(Nc2ncc(F)c(-n3cc(CN4CC(O)C4)c(-c4ccoc4)c3)n2)cc(OC)c1OC. The first-order valence-electron chi connectivity index (χ1n) is 11.2. The summed E-state index contributed by atoms with van der Waals surface area (Å²) in [4.78, 5) is 10.6. The summed E-state index contributed by atoms with van der Waals surface area (Å²) in [5.41, 5.74) is 3.29. The largest absolute Gasteiger partial charge is 0.493 e. The van der Waals surface area contributed by atoms with Crippen LogP contribution in [0.2, 0.25) is 0 Å². The van der Waals surface area contributed by atoms with Gasteiger partial charge in [0.2, 0.25) is 11.7 Å².